The lowest BCUT2D eigenvalue weighted by atomic mass is 9.90. The number of carbonyl (C=O) groups is 1. The average molecular weight is 374 g/mol. The first kappa shape index (κ1) is 17.8. The van der Waals surface area contributed by atoms with Gasteiger partial charge in [-0.3, -0.25) is 4.79 Å². The zero-order chi connectivity index (χ0) is 16.2. The van der Waals surface area contributed by atoms with Crippen molar-refractivity contribution >= 4 is 33.4 Å². The minimum Gasteiger partial charge on any atom is -0.479 e. The van der Waals surface area contributed by atoms with E-state index < -0.39 is 11.6 Å². The lowest BCUT2D eigenvalue weighted by molar-refractivity contribution is -0.128. The van der Waals surface area contributed by atoms with Gasteiger partial charge in [0, 0.05) is 4.47 Å². The molecule has 0 fully saturated rings. The van der Waals surface area contributed by atoms with Gasteiger partial charge in [0.2, 0.25) is 0 Å². The van der Waals surface area contributed by atoms with Gasteiger partial charge in [-0.15, -0.1) is 0 Å². The zero-order valence-electron chi connectivity index (χ0n) is 12.4. The number of ether oxygens (including phenoxy) is 1. The van der Waals surface area contributed by atoms with E-state index in [1.807, 2.05) is 13.8 Å². The Hall–Kier alpha value is -1.25. The summed E-state index contributed by atoms with van der Waals surface area (Å²) in [7, 11) is 0. The molecule has 0 aromatic heterocycles. The molecule has 1 aromatic carbocycles. The van der Waals surface area contributed by atoms with Gasteiger partial charge in [-0.1, -0.05) is 41.4 Å². The van der Waals surface area contributed by atoms with Crippen LogP contribution in [0.2, 0.25) is 5.02 Å². The predicted octanol–water partition coefficient (Wildman–Crippen LogP) is 3.92. The smallest absolute Gasteiger partial charge is 0.262 e. The Morgan fingerprint density at radius 1 is 1.48 bits per heavy atom. The van der Waals surface area contributed by atoms with E-state index >= 15 is 0 Å². The van der Waals surface area contributed by atoms with Gasteiger partial charge in [0.15, 0.2) is 6.10 Å². The molecule has 114 valence electrons. The van der Waals surface area contributed by atoms with Gasteiger partial charge in [0.25, 0.3) is 5.91 Å². The number of amides is 1. The minimum absolute atomic E-state index is 0.0186. The van der Waals surface area contributed by atoms with Gasteiger partial charge in [0.05, 0.1) is 11.1 Å². The second-order valence-corrected chi connectivity index (χ2v) is 6.62. The highest BCUT2D eigenvalue weighted by atomic mass is 79.9. The van der Waals surface area contributed by atoms with E-state index in [1.54, 1.807) is 32.0 Å². The lowest BCUT2D eigenvalue weighted by Crippen LogP contribution is -2.52. The minimum atomic E-state index is -0.932. The number of nitrogens with one attached hydrogen (secondary N) is 1. The molecule has 0 saturated heterocycles. The van der Waals surface area contributed by atoms with Gasteiger partial charge >= 0.3 is 0 Å². The van der Waals surface area contributed by atoms with Crippen LogP contribution in [0.1, 0.15) is 27.7 Å². The second kappa shape index (κ2) is 7.15. The molecule has 0 aliphatic heterocycles. The molecule has 0 radical (unpaired) electrons. The summed E-state index contributed by atoms with van der Waals surface area (Å²) < 4.78 is 6.39. The van der Waals surface area contributed by atoms with Gasteiger partial charge in [-0.05, 0) is 38.0 Å². The van der Waals surface area contributed by atoms with Crippen LogP contribution in [-0.4, -0.2) is 17.6 Å². The summed E-state index contributed by atoms with van der Waals surface area (Å²) in [6.45, 7) is 7.06. The van der Waals surface area contributed by atoms with Crippen LogP contribution in [0.3, 0.4) is 0 Å². The Labute approximate surface area is 138 Å². The van der Waals surface area contributed by atoms with Crippen molar-refractivity contribution in [3.8, 4) is 11.8 Å². The zero-order valence-corrected chi connectivity index (χ0v) is 14.7. The SMILES string of the molecule is CC(C)[C@](C)(C#N)NC(=O)[C@@H](C)Oc1ccc(Br)cc1Cl. The van der Waals surface area contributed by atoms with E-state index in [4.69, 9.17) is 16.3 Å². The van der Waals surface area contributed by atoms with E-state index in [9.17, 15) is 10.1 Å². The van der Waals surface area contributed by atoms with E-state index in [0.717, 1.165) is 4.47 Å². The van der Waals surface area contributed by atoms with Crippen LogP contribution in [0.25, 0.3) is 0 Å². The molecule has 0 spiro atoms. The number of nitrogens with zero attached hydrogens (tertiary/aromatic N) is 1. The monoisotopic (exact) mass is 372 g/mol. The Morgan fingerprint density at radius 2 is 2.10 bits per heavy atom. The molecule has 0 bridgehead atoms. The molecule has 2 atom stereocenters. The summed E-state index contributed by atoms with van der Waals surface area (Å²) in [6, 6.07) is 7.28. The van der Waals surface area contributed by atoms with Gasteiger partial charge in [0.1, 0.15) is 11.3 Å². The summed E-state index contributed by atoms with van der Waals surface area (Å²) in [5.74, 6) is 0.0485. The molecular formula is C15H18BrClN2O2. The number of nitriles is 1. The third-order valence-electron chi connectivity index (χ3n) is 3.34. The molecule has 1 rings (SSSR count). The maximum atomic E-state index is 12.2. The molecule has 0 heterocycles. The number of benzene rings is 1. The average Bonchev–Trinajstić information content (AvgIpc) is 2.41. The van der Waals surface area contributed by atoms with Crippen LogP contribution in [-0.2, 0) is 4.79 Å². The largest absolute Gasteiger partial charge is 0.479 e. The van der Waals surface area contributed by atoms with E-state index in [2.05, 4.69) is 27.3 Å². The Kier molecular flexibility index (Phi) is 6.06. The molecule has 0 unspecified atom stereocenters. The highest BCUT2D eigenvalue weighted by Crippen LogP contribution is 2.28. The molecule has 4 nitrogen and oxygen atoms in total. The van der Waals surface area contributed by atoms with Crippen LogP contribution < -0.4 is 10.1 Å². The van der Waals surface area contributed by atoms with Crippen molar-refractivity contribution in [3.05, 3.63) is 27.7 Å². The maximum Gasteiger partial charge on any atom is 0.262 e. The molecule has 0 aliphatic carbocycles. The number of halogens is 2. The molecule has 6 heteroatoms. The molecule has 21 heavy (non-hydrogen) atoms. The van der Waals surface area contributed by atoms with Crippen molar-refractivity contribution in [2.45, 2.75) is 39.3 Å². The predicted molar refractivity (Wildman–Crippen MR) is 86.2 cm³/mol. The van der Waals surface area contributed by atoms with E-state index in [-0.39, 0.29) is 11.8 Å². The fourth-order valence-corrected chi connectivity index (χ4v) is 2.19. The number of rotatable bonds is 5. The third kappa shape index (κ3) is 4.62. The first-order valence-corrected chi connectivity index (χ1v) is 7.71. The topological polar surface area (TPSA) is 62.1 Å². The second-order valence-electron chi connectivity index (χ2n) is 5.29. The first-order chi connectivity index (χ1) is 9.69. The number of hydrogen-bond acceptors (Lipinski definition) is 3. The molecule has 0 saturated carbocycles. The number of carbonyl (C=O) groups excluding carboxylic acids is 1. The first-order valence-electron chi connectivity index (χ1n) is 6.54. The molecule has 1 N–H and O–H groups in total. The summed E-state index contributed by atoms with van der Waals surface area (Å²) in [5.41, 5.74) is -0.932. The Balaban J connectivity index is 2.78. The van der Waals surface area contributed by atoms with Gasteiger partial charge < -0.3 is 10.1 Å². The fraction of sp³-hybridized carbons (Fsp3) is 0.467. The normalized spacial score (nSPS) is 15.0. The maximum absolute atomic E-state index is 12.2. The van der Waals surface area contributed by atoms with Crippen LogP contribution in [0, 0.1) is 17.2 Å². The highest BCUT2D eigenvalue weighted by Gasteiger charge is 2.32. The van der Waals surface area contributed by atoms with Crippen LogP contribution in [0.15, 0.2) is 22.7 Å². The van der Waals surface area contributed by atoms with E-state index in [1.165, 1.54) is 0 Å². The van der Waals surface area contributed by atoms with Crippen LogP contribution in [0.5, 0.6) is 5.75 Å². The standard InChI is InChI=1S/C15H18BrClN2O2/c1-9(2)15(4,8-18)19-14(20)10(3)21-13-6-5-11(16)7-12(13)17/h5-7,9-10H,1-4H3,(H,19,20)/t10-,15+/m1/s1. The summed E-state index contributed by atoms with van der Waals surface area (Å²) in [6.07, 6.45) is -0.755. The van der Waals surface area contributed by atoms with Crippen molar-refractivity contribution in [2.24, 2.45) is 5.92 Å². The van der Waals surface area contributed by atoms with Crippen molar-refractivity contribution in [1.29, 1.82) is 5.26 Å². The van der Waals surface area contributed by atoms with Crippen molar-refractivity contribution in [2.75, 3.05) is 0 Å². The summed E-state index contributed by atoms with van der Waals surface area (Å²) in [4.78, 5) is 12.2. The van der Waals surface area contributed by atoms with E-state index in [0.29, 0.717) is 10.8 Å². The quantitative estimate of drug-likeness (QED) is 0.850. The highest BCUT2D eigenvalue weighted by molar-refractivity contribution is 9.10. The van der Waals surface area contributed by atoms with Gasteiger partial charge in [-0.2, -0.15) is 5.26 Å². The Bertz CT molecular complexity index is 571. The molecular weight excluding hydrogens is 356 g/mol. The van der Waals surface area contributed by atoms with Crippen molar-refractivity contribution in [3.63, 3.8) is 0 Å². The number of hydrogen-bond donors (Lipinski definition) is 1. The molecule has 0 aliphatic rings. The summed E-state index contributed by atoms with van der Waals surface area (Å²) >= 11 is 9.35. The molecule has 1 amide bonds. The lowest BCUT2D eigenvalue weighted by Gasteiger charge is -2.28. The van der Waals surface area contributed by atoms with Gasteiger partial charge in [-0.25, -0.2) is 0 Å². The summed E-state index contributed by atoms with van der Waals surface area (Å²) in [5, 5.41) is 12.3. The Morgan fingerprint density at radius 3 is 2.57 bits per heavy atom. The van der Waals surface area contributed by atoms with Crippen LogP contribution >= 0.6 is 27.5 Å². The molecule has 1 aromatic rings. The third-order valence-corrected chi connectivity index (χ3v) is 4.13. The van der Waals surface area contributed by atoms with Crippen LogP contribution in [0.4, 0.5) is 0 Å². The van der Waals surface area contributed by atoms with Crippen molar-refractivity contribution < 1.29 is 9.53 Å². The fourth-order valence-electron chi connectivity index (χ4n) is 1.47. The van der Waals surface area contributed by atoms with Crippen molar-refractivity contribution in [1.82, 2.24) is 5.32 Å².